The Morgan fingerprint density at radius 2 is 1.23 bits per heavy atom. The second-order valence-electron chi connectivity index (χ2n) is 7.43. The first-order chi connectivity index (χ1) is 14.7. The van der Waals surface area contributed by atoms with Gasteiger partial charge in [0.25, 0.3) is 0 Å². The van der Waals surface area contributed by atoms with Gasteiger partial charge in [0.15, 0.2) is 0 Å². The standard InChI is InChI=1S/C26H20F2N2/c27-17-9-12-19(13-10-17)30-26-15-18(28)11-14-25(26)29-16-24-22-7-3-1-5-20(22)21-6-2-4-8-23(21)24/h1-15,24,29-30H,16H2. The molecule has 0 saturated carbocycles. The van der Waals surface area contributed by atoms with Crippen LogP contribution in [0.15, 0.2) is 91.0 Å². The number of halogens is 2. The van der Waals surface area contributed by atoms with Gasteiger partial charge in [-0.25, -0.2) is 8.78 Å². The van der Waals surface area contributed by atoms with Crippen molar-refractivity contribution in [2.75, 3.05) is 17.2 Å². The van der Waals surface area contributed by atoms with Crippen LogP contribution in [0.1, 0.15) is 17.0 Å². The first-order valence-electron chi connectivity index (χ1n) is 9.93. The second kappa shape index (κ2) is 7.64. The van der Waals surface area contributed by atoms with E-state index in [4.69, 9.17) is 0 Å². The molecule has 0 spiro atoms. The van der Waals surface area contributed by atoms with Gasteiger partial charge in [0.2, 0.25) is 0 Å². The van der Waals surface area contributed by atoms with Gasteiger partial charge in [0, 0.05) is 18.2 Å². The Balaban J connectivity index is 1.43. The molecule has 4 heteroatoms. The minimum absolute atomic E-state index is 0.209. The van der Waals surface area contributed by atoms with Gasteiger partial charge in [-0.2, -0.15) is 0 Å². The summed E-state index contributed by atoms with van der Waals surface area (Å²) in [4.78, 5) is 0. The summed E-state index contributed by atoms with van der Waals surface area (Å²) in [5.41, 5.74) is 7.22. The van der Waals surface area contributed by atoms with Crippen molar-refractivity contribution in [2.24, 2.45) is 0 Å². The molecule has 148 valence electrons. The monoisotopic (exact) mass is 398 g/mol. The van der Waals surface area contributed by atoms with E-state index in [1.54, 1.807) is 18.2 Å². The lowest BCUT2D eigenvalue weighted by Crippen LogP contribution is -2.13. The summed E-state index contributed by atoms with van der Waals surface area (Å²) < 4.78 is 27.1. The van der Waals surface area contributed by atoms with Gasteiger partial charge in [-0.1, -0.05) is 48.5 Å². The van der Waals surface area contributed by atoms with Gasteiger partial charge < -0.3 is 10.6 Å². The third-order valence-corrected chi connectivity index (χ3v) is 5.56. The fourth-order valence-corrected chi connectivity index (χ4v) is 4.15. The minimum Gasteiger partial charge on any atom is -0.382 e. The van der Waals surface area contributed by atoms with Gasteiger partial charge in [-0.05, 0) is 64.7 Å². The predicted molar refractivity (Wildman–Crippen MR) is 118 cm³/mol. The zero-order chi connectivity index (χ0) is 20.5. The molecule has 0 unspecified atom stereocenters. The molecule has 0 saturated heterocycles. The topological polar surface area (TPSA) is 24.1 Å². The van der Waals surface area contributed by atoms with Crippen molar-refractivity contribution in [3.05, 3.63) is 114 Å². The molecular formula is C26H20F2N2. The van der Waals surface area contributed by atoms with Crippen molar-refractivity contribution >= 4 is 17.1 Å². The van der Waals surface area contributed by atoms with Gasteiger partial charge in [0.05, 0.1) is 11.4 Å². The van der Waals surface area contributed by atoms with Crippen LogP contribution in [0.25, 0.3) is 11.1 Å². The molecule has 1 aliphatic carbocycles. The zero-order valence-electron chi connectivity index (χ0n) is 16.2. The molecule has 4 aromatic carbocycles. The Morgan fingerprint density at radius 3 is 1.90 bits per heavy atom. The highest BCUT2D eigenvalue weighted by atomic mass is 19.1. The smallest absolute Gasteiger partial charge is 0.125 e. The van der Waals surface area contributed by atoms with Crippen molar-refractivity contribution in [3.63, 3.8) is 0 Å². The van der Waals surface area contributed by atoms with Crippen LogP contribution in [0.2, 0.25) is 0 Å². The SMILES string of the molecule is Fc1ccc(Nc2cc(F)ccc2NCC2c3ccccc3-c3ccccc32)cc1. The Bertz CT molecular complexity index is 1160. The van der Waals surface area contributed by atoms with E-state index in [-0.39, 0.29) is 17.6 Å². The summed E-state index contributed by atoms with van der Waals surface area (Å²) in [6, 6.07) is 27.6. The summed E-state index contributed by atoms with van der Waals surface area (Å²) >= 11 is 0. The summed E-state index contributed by atoms with van der Waals surface area (Å²) in [5.74, 6) is -0.431. The zero-order valence-corrected chi connectivity index (χ0v) is 16.2. The molecule has 0 fully saturated rings. The highest BCUT2D eigenvalue weighted by Crippen LogP contribution is 2.44. The molecule has 1 aliphatic rings. The molecule has 0 heterocycles. The molecule has 0 bridgehead atoms. The van der Waals surface area contributed by atoms with E-state index in [0.717, 1.165) is 5.69 Å². The molecule has 0 aliphatic heterocycles. The van der Waals surface area contributed by atoms with Gasteiger partial charge in [0.1, 0.15) is 11.6 Å². The fraction of sp³-hybridized carbons (Fsp3) is 0.0769. The van der Waals surface area contributed by atoms with E-state index >= 15 is 0 Å². The van der Waals surface area contributed by atoms with E-state index in [0.29, 0.717) is 17.9 Å². The molecule has 5 rings (SSSR count). The van der Waals surface area contributed by atoms with Crippen LogP contribution in [0, 0.1) is 11.6 Å². The van der Waals surface area contributed by atoms with Crippen molar-refractivity contribution in [3.8, 4) is 11.1 Å². The highest BCUT2D eigenvalue weighted by molar-refractivity contribution is 5.80. The Kier molecular flexibility index (Phi) is 4.68. The van der Waals surface area contributed by atoms with Crippen molar-refractivity contribution in [2.45, 2.75) is 5.92 Å². The normalized spacial score (nSPS) is 12.3. The maximum Gasteiger partial charge on any atom is 0.125 e. The van der Waals surface area contributed by atoms with E-state index in [1.165, 1.54) is 46.5 Å². The predicted octanol–water partition coefficient (Wildman–Crippen LogP) is 6.93. The molecule has 4 aromatic rings. The molecule has 0 radical (unpaired) electrons. The fourth-order valence-electron chi connectivity index (χ4n) is 4.15. The highest BCUT2D eigenvalue weighted by Gasteiger charge is 2.27. The number of anilines is 3. The van der Waals surface area contributed by atoms with Crippen molar-refractivity contribution < 1.29 is 8.78 Å². The number of hydrogen-bond donors (Lipinski definition) is 2. The summed E-state index contributed by atoms with van der Waals surface area (Å²) in [5, 5.41) is 6.68. The average molecular weight is 398 g/mol. The first kappa shape index (κ1) is 18.4. The summed E-state index contributed by atoms with van der Waals surface area (Å²) in [6.45, 7) is 0.678. The third-order valence-electron chi connectivity index (χ3n) is 5.56. The van der Waals surface area contributed by atoms with Crippen LogP contribution in [-0.2, 0) is 0 Å². The number of nitrogens with one attached hydrogen (secondary N) is 2. The lowest BCUT2D eigenvalue weighted by atomic mass is 9.97. The summed E-state index contributed by atoms with van der Waals surface area (Å²) in [7, 11) is 0. The maximum absolute atomic E-state index is 13.9. The van der Waals surface area contributed by atoms with Gasteiger partial charge in [-0.3, -0.25) is 0 Å². The molecule has 2 N–H and O–H groups in total. The van der Waals surface area contributed by atoms with Gasteiger partial charge >= 0.3 is 0 Å². The number of fused-ring (bicyclic) bond motifs is 3. The van der Waals surface area contributed by atoms with Gasteiger partial charge in [-0.15, -0.1) is 0 Å². The molecule has 0 amide bonds. The lowest BCUT2D eigenvalue weighted by molar-refractivity contribution is 0.627. The average Bonchev–Trinajstić information content (AvgIpc) is 3.09. The number of rotatable bonds is 5. The third kappa shape index (κ3) is 3.41. The van der Waals surface area contributed by atoms with Crippen LogP contribution in [0.4, 0.5) is 25.8 Å². The number of hydrogen-bond acceptors (Lipinski definition) is 2. The van der Waals surface area contributed by atoms with Crippen LogP contribution in [-0.4, -0.2) is 6.54 Å². The van der Waals surface area contributed by atoms with E-state index in [1.807, 2.05) is 0 Å². The van der Waals surface area contributed by atoms with Crippen LogP contribution < -0.4 is 10.6 Å². The summed E-state index contributed by atoms with van der Waals surface area (Å²) in [6.07, 6.45) is 0. The Hall–Kier alpha value is -3.66. The Morgan fingerprint density at radius 1 is 0.633 bits per heavy atom. The van der Waals surface area contributed by atoms with Crippen molar-refractivity contribution in [1.29, 1.82) is 0 Å². The van der Waals surface area contributed by atoms with Crippen LogP contribution in [0.3, 0.4) is 0 Å². The van der Waals surface area contributed by atoms with E-state index < -0.39 is 0 Å². The first-order valence-corrected chi connectivity index (χ1v) is 9.93. The quantitative estimate of drug-likeness (QED) is 0.381. The van der Waals surface area contributed by atoms with Crippen LogP contribution in [0.5, 0.6) is 0 Å². The molecule has 0 atom stereocenters. The molecular weight excluding hydrogens is 378 g/mol. The molecule has 2 nitrogen and oxygen atoms in total. The second-order valence-corrected chi connectivity index (χ2v) is 7.43. The van der Waals surface area contributed by atoms with E-state index in [9.17, 15) is 8.78 Å². The van der Waals surface area contributed by atoms with Crippen LogP contribution >= 0.6 is 0 Å². The minimum atomic E-state index is -0.332. The maximum atomic E-state index is 13.9. The largest absolute Gasteiger partial charge is 0.382 e. The van der Waals surface area contributed by atoms with E-state index in [2.05, 4.69) is 59.2 Å². The lowest BCUT2D eigenvalue weighted by Gasteiger charge is -2.18. The number of benzene rings is 4. The van der Waals surface area contributed by atoms with Crippen molar-refractivity contribution in [1.82, 2.24) is 0 Å². The molecule has 0 aromatic heterocycles. The molecule has 30 heavy (non-hydrogen) atoms. The Labute approximate surface area is 174 Å².